The number of alkyl halides is 3. The lowest BCUT2D eigenvalue weighted by Crippen LogP contribution is -2.43. The molecule has 0 bridgehead atoms. The largest absolute Gasteiger partial charge is 0.416 e. The minimum Gasteiger partial charge on any atom is -0.322 e. The van der Waals surface area contributed by atoms with E-state index in [9.17, 15) is 18.0 Å². The van der Waals surface area contributed by atoms with E-state index >= 15 is 0 Å². The van der Waals surface area contributed by atoms with Gasteiger partial charge in [0, 0.05) is 35.8 Å². The van der Waals surface area contributed by atoms with Gasteiger partial charge in [-0.1, -0.05) is 48.5 Å². The van der Waals surface area contributed by atoms with Gasteiger partial charge in [-0.15, -0.1) is 0 Å². The Labute approximate surface area is 209 Å². The first-order valence-electron chi connectivity index (χ1n) is 12.5. The van der Waals surface area contributed by atoms with Gasteiger partial charge in [0.05, 0.1) is 5.56 Å². The summed E-state index contributed by atoms with van der Waals surface area (Å²) in [5, 5.41) is 6.52. The molecule has 7 heteroatoms. The maximum Gasteiger partial charge on any atom is 0.416 e. The molecule has 2 unspecified atom stereocenters. The molecule has 0 aromatic heterocycles. The first kappa shape index (κ1) is 24.5. The number of hydrogen-bond acceptors (Lipinski definition) is 3. The van der Waals surface area contributed by atoms with E-state index in [4.69, 9.17) is 0 Å². The highest BCUT2D eigenvalue weighted by Crippen LogP contribution is 2.42. The topological polar surface area (TPSA) is 44.4 Å². The van der Waals surface area contributed by atoms with Crippen LogP contribution in [-0.2, 0) is 12.7 Å². The van der Waals surface area contributed by atoms with Gasteiger partial charge in [0.1, 0.15) is 0 Å². The number of piperidine rings is 1. The van der Waals surface area contributed by atoms with Crippen LogP contribution < -0.4 is 10.6 Å². The number of rotatable bonds is 7. The maximum absolute atomic E-state index is 12.9. The molecule has 2 atom stereocenters. The van der Waals surface area contributed by atoms with Crippen LogP contribution in [0.15, 0.2) is 78.9 Å². The summed E-state index contributed by atoms with van der Waals surface area (Å²) in [5.41, 5.74) is 2.29. The van der Waals surface area contributed by atoms with Crippen LogP contribution >= 0.6 is 0 Å². The maximum atomic E-state index is 12.9. The van der Waals surface area contributed by atoms with Crippen molar-refractivity contribution in [1.82, 2.24) is 10.2 Å². The molecule has 3 aromatic rings. The van der Waals surface area contributed by atoms with Gasteiger partial charge >= 0.3 is 6.18 Å². The van der Waals surface area contributed by atoms with E-state index in [0.717, 1.165) is 51.0 Å². The third kappa shape index (κ3) is 6.15. The zero-order valence-electron chi connectivity index (χ0n) is 20.0. The van der Waals surface area contributed by atoms with Gasteiger partial charge in [-0.2, -0.15) is 13.2 Å². The van der Waals surface area contributed by atoms with Crippen molar-refractivity contribution < 1.29 is 18.0 Å². The Kier molecular flexibility index (Phi) is 7.12. The second-order valence-corrected chi connectivity index (χ2v) is 9.81. The van der Waals surface area contributed by atoms with E-state index in [1.54, 1.807) is 0 Å². The summed E-state index contributed by atoms with van der Waals surface area (Å²) in [4.78, 5) is 14.9. The second-order valence-electron chi connectivity index (χ2n) is 9.81. The van der Waals surface area contributed by atoms with E-state index in [-0.39, 0.29) is 5.56 Å². The zero-order chi connectivity index (χ0) is 25.1. The average Bonchev–Trinajstić information content (AvgIpc) is 3.65. The van der Waals surface area contributed by atoms with Crippen molar-refractivity contribution in [3.05, 3.63) is 101 Å². The molecular formula is C29H30F3N3O. The Morgan fingerprint density at radius 1 is 0.917 bits per heavy atom. The van der Waals surface area contributed by atoms with Gasteiger partial charge < -0.3 is 10.6 Å². The fourth-order valence-corrected chi connectivity index (χ4v) is 5.00. The predicted molar refractivity (Wildman–Crippen MR) is 135 cm³/mol. The molecule has 4 nitrogen and oxygen atoms in total. The number of likely N-dealkylation sites (tertiary alicyclic amines) is 1. The van der Waals surface area contributed by atoms with Crippen LogP contribution in [-0.4, -0.2) is 36.0 Å². The molecule has 1 aliphatic heterocycles. The first-order valence-corrected chi connectivity index (χ1v) is 12.5. The number of carbonyl (C=O) groups is 1. The molecule has 1 amide bonds. The van der Waals surface area contributed by atoms with Crippen molar-refractivity contribution >= 4 is 11.6 Å². The van der Waals surface area contributed by atoms with Gasteiger partial charge in [-0.3, -0.25) is 9.69 Å². The number of carbonyl (C=O) groups excluding carboxylic acids is 1. The number of halogens is 3. The lowest BCUT2D eigenvalue weighted by molar-refractivity contribution is -0.137. The molecule has 1 aliphatic carbocycles. The zero-order valence-corrected chi connectivity index (χ0v) is 20.0. The van der Waals surface area contributed by atoms with Crippen molar-refractivity contribution in [1.29, 1.82) is 0 Å². The van der Waals surface area contributed by atoms with Crippen molar-refractivity contribution in [3.8, 4) is 0 Å². The quantitative estimate of drug-likeness (QED) is 0.420. The van der Waals surface area contributed by atoms with Crippen LogP contribution in [0.1, 0.15) is 52.2 Å². The predicted octanol–water partition coefficient (Wildman–Crippen LogP) is 6.07. The second kappa shape index (κ2) is 10.4. The summed E-state index contributed by atoms with van der Waals surface area (Å²) in [5.74, 6) is -0.0982. The molecule has 3 aromatic carbocycles. The molecule has 0 radical (unpaired) electrons. The molecule has 1 saturated carbocycles. The molecule has 5 rings (SSSR count). The molecule has 36 heavy (non-hydrogen) atoms. The summed E-state index contributed by atoms with van der Waals surface area (Å²) in [7, 11) is 0. The van der Waals surface area contributed by atoms with Crippen LogP contribution in [0.4, 0.5) is 18.9 Å². The van der Waals surface area contributed by atoms with Crippen LogP contribution in [0.25, 0.3) is 0 Å². The molecule has 2 fully saturated rings. The van der Waals surface area contributed by atoms with Gasteiger partial charge in [0.2, 0.25) is 0 Å². The molecule has 1 heterocycles. The summed E-state index contributed by atoms with van der Waals surface area (Å²) >= 11 is 0. The van der Waals surface area contributed by atoms with Crippen molar-refractivity contribution in [2.45, 2.75) is 50.0 Å². The van der Waals surface area contributed by atoms with Crippen LogP contribution in [0.2, 0.25) is 0 Å². The monoisotopic (exact) mass is 493 g/mol. The van der Waals surface area contributed by atoms with Gasteiger partial charge in [-0.05, 0) is 73.8 Å². The average molecular weight is 494 g/mol. The van der Waals surface area contributed by atoms with Crippen molar-refractivity contribution in [2.75, 3.05) is 18.4 Å². The van der Waals surface area contributed by atoms with Crippen LogP contribution in [0.3, 0.4) is 0 Å². The number of nitrogens with zero attached hydrogens (tertiary/aromatic N) is 1. The summed E-state index contributed by atoms with van der Waals surface area (Å²) in [6.45, 7) is 3.21. The van der Waals surface area contributed by atoms with Crippen molar-refractivity contribution in [2.24, 2.45) is 0 Å². The minimum atomic E-state index is -4.48. The van der Waals surface area contributed by atoms with Gasteiger partial charge in [0.15, 0.2) is 0 Å². The molecule has 188 valence electrons. The third-order valence-corrected chi connectivity index (χ3v) is 7.13. The number of anilines is 1. The molecule has 0 spiro atoms. The fourth-order valence-electron chi connectivity index (χ4n) is 5.00. The highest BCUT2D eigenvalue weighted by atomic mass is 19.4. The van der Waals surface area contributed by atoms with Gasteiger partial charge in [-0.25, -0.2) is 0 Å². The highest BCUT2D eigenvalue weighted by Gasteiger charge is 2.39. The third-order valence-electron chi connectivity index (χ3n) is 7.13. The Morgan fingerprint density at radius 3 is 2.33 bits per heavy atom. The van der Waals surface area contributed by atoms with Crippen LogP contribution in [0.5, 0.6) is 0 Å². The van der Waals surface area contributed by atoms with E-state index in [1.165, 1.54) is 23.3 Å². The number of hydrogen-bond donors (Lipinski definition) is 2. The van der Waals surface area contributed by atoms with Crippen LogP contribution in [0, 0.1) is 0 Å². The molecule has 2 aliphatic rings. The summed E-state index contributed by atoms with van der Waals surface area (Å²) < 4.78 is 38.8. The van der Waals surface area contributed by atoms with E-state index in [2.05, 4.69) is 45.9 Å². The van der Waals surface area contributed by atoms with Gasteiger partial charge in [0.25, 0.3) is 5.91 Å². The lowest BCUT2D eigenvalue weighted by Gasteiger charge is -2.32. The molecular weight excluding hydrogens is 463 g/mol. The summed E-state index contributed by atoms with van der Waals surface area (Å²) in [6.07, 6.45) is -1.08. The lowest BCUT2D eigenvalue weighted by atomic mass is 10.0. The number of nitrogens with one attached hydrogen (secondary N) is 2. The Morgan fingerprint density at radius 2 is 1.64 bits per heavy atom. The Bertz CT molecular complexity index is 1170. The van der Waals surface area contributed by atoms with E-state index in [0.29, 0.717) is 23.7 Å². The number of benzene rings is 3. The number of amides is 1. The first-order chi connectivity index (χ1) is 17.3. The van der Waals surface area contributed by atoms with Crippen molar-refractivity contribution in [3.63, 3.8) is 0 Å². The standard InChI is InChI=1S/C29H30F3N3O/c30-29(31,32)23-8-4-7-22(17-23)28(36)34-24-11-9-21(10-12-24)26-18-27(26)33-25-13-15-35(16-14-25)19-20-5-2-1-3-6-20/h1-12,17,25-27,33H,13-16,18-19H2,(H,34,36). The summed E-state index contributed by atoms with van der Waals surface area (Å²) in [6, 6.07) is 23.7. The Balaban J connectivity index is 1.08. The Hall–Kier alpha value is -3.16. The highest BCUT2D eigenvalue weighted by molar-refractivity contribution is 6.04. The normalized spacial score (nSPS) is 20.8. The van der Waals surface area contributed by atoms with E-state index < -0.39 is 17.6 Å². The van der Waals surface area contributed by atoms with E-state index in [1.807, 2.05) is 24.3 Å². The molecule has 2 N–H and O–H groups in total. The SMILES string of the molecule is O=C(Nc1ccc(C2CC2NC2CCN(Cc3ccccc3)CC2)cc1)c1cccc(C(F)(F)F)c1. The minimum absolute atomic E-state index is 0.0184. The fraction of sp³-hybridized carbons (Fsp3) is 0.345. The smallest absolute Gasteiger partial charge is 0.322 e. The molecule has 1 saturated heterocycles.